The third-order valence-corrected chi connectivity index (χ3v) is 10.8. The number of ether oxygens (including phenoxy) is 3. The Kier molecular flexibility index (Phi) is 8.69. The molecule has 49 heavy (non-hydrogen) atoms. The van der Waals surface area contributed by atoms with E-state index < -0.39 is 58.2 Å². The molecule has 0 radical (unpaired) electrons. The highest BCUT2D eigenvalue weighted by atomic mass is 32.2. The van der Waals surface area contributed by atoms with Gasteiger partial charge in [0, 0.05) is 28.4 Å². The number of hydrogen-bond acceptors (Lipinski definition) is 10. The van der Waals surface area contributed by atoms with Gasteiger partial charge in [-0.05, 0) is 42.8 Å². The van der Waals surface area contributed by atoms with Crippen LogP contribution in [0.4, 0.5) is 5.69 Å². The first kappa shape index (κ1) is 32.8. The maximum absolute atomic E-state index is 14.7. The highest BCUT2D eigenvalue weighted by Gasteiger charge is 2.61. The number of aliphatic hydroxyl groups excluding tert-OH is 2. The number of benzene rings is 4. The van der Waals surface area contributed by atoms with Gasteiger partial charge in [0.2, 0.25) is 0 Å². The molecule has 7 rings (SSSR count). The zero-order chi connectivity index (χ0) is 34.3. The summed E-state index contributed by atoms with van der Waals surface area (Å²) in [5.74, 6) is -1.34. The number of aromatic nitrogens is 1. The first-order valence-electron chi connectivity index (χ1n) is 15.7. The molecule has 5 aromatic rings. The van der Waals surface area contributed by atoms with E-state index >= 15 is 0 Å². The zero-order valence-corrected chi connectivity index (χ0v) is 27.2. The number of fused-ring (bicyclic) bond motifs is 2. The maximum Gasteiger partial charge on any atom is 0.268 e. The van der Waals surface area contributed by atoms with Crippen molar-refractivity contribution >= 4 is 38.2 Å². The summed E-state index contributed by atoms with van der Waals surface area (Å²) in [6.07, 6.45) is -4.81. The molecule has 3 heterocycles. The van der Waals surface area contributed by atoms with Gasteiger partial charge in [0.05, 0.1) is 23.6 Å². The molecule has 0 bridgehead atoms. The monoisotopic (exact) mass is 682 g/mol. The van der Waals surface area contributed by atoms with E-state index in [0.717, 1.165) is 15.1 Å². The van der Waals surface area contributed by atoms with E-state index in [4.69, 9.17) is 14.2 Å². The highest BCUT2D eigenvalue weighted by molar-refractivity contribution is 7.90. The summed E-state index contributed by atoms with van der Waals surface area (Å²) in [6.45, 7) is 0.949. The number of anilines is 1. The van der Waals surface area contributed by atoms with Crippen molar-refractivity contribution in [2.45, 2.75) is 48.4 Å². The molecule has 1 aromatic heterocycles. The van der Waals surface area contributed by atoms with Crippen LogP contribution in [0.3, 0.4) is 0 Å². The van der Waals surface area contributed by atoms with Crippen LogP contribution >= 0.6 is 0 Å². The summed E-state index contributed by atoms with van der Waals surface area (Å²) in [6, 6.07) is 29.0. The lowest BCUT2D eigenvalue weighted by atomic mass is 9.76. The van der Waals surface area contributed by atoms with Gasteiger partial charge < -0.3 is 29.7 Å². The minimum absolute atomic E-state index is 0.0332. The fourth-order valence-corrected chi connectivity index (χ4v) is 7.98. The number of aryl methyl sites for hydroxylation is 1. The van der Waals surface area contributed by atoms with E-state index in [2.05, 4.69) is 5.32 Å². The van der Waals surface area contributed by atoms with Crippen molar-refractivity contribution in [2.24, 2.45) is 0 Å². The van der Waals surface area contributed by atoms with E-state index in [-0.39, 0.29) is 34.9 Å². The lowest BCUT2D eigenvalue weighted by molar-refractivity contribution is -0.215. The van der Waals surface area contributed by atoms with Crippen LogP contribution in [-0.4, -0.2) is 72.0 Å². The SMILES string of the molecule is Cc1ccc(S(=O)(=O)n2cc([C@]3([C@@H]4O[C@H](CO)[C@@H](O)[C@H](OCOCc5ccccc5)C4=O)Nc4ccccc4C3=O)c3ccccc32)cc1. The summed E-state index contributed by atoms with van der Waals surface area (Å²) >= 11 is 0. The predicted octanol–water partition coefficient (Wildman–Crippen LogP) is 3.94. The van der Waals surface area contributed by atoms with Gasteiger partial charge in [-0.15, -0.1) is 0 Å². The number of Topliss-reactive ketones (excluding diaryl/α,β-unsaturated/α-hetero) is 2. The lowest BCUT2D eigenvalue weighted by Crippen LogP contribution is -2.65. The molecule has 1 fully saturated rings. The average molecular weight is 683 g/mol. The summed E-state index contributed by atoms with van der Waals surface area (Å²) in [4.78, 5) is 29.2. The van der Waals surface area contributed by atoms with Gasteiger partial charge in [-0.2, -0.15) is 0 Å². The Hall–Kier alpha value is -4.69. The Balaban J connectivity index is 1.34. The number of carbonyl (C=O) groups is 2. The molecule has 0 amide bonds. The van der Waals surface area contributed by atoms with Crippen LogP contribution in [0.25, 0.3) is 10.9 Å². The number of nitrogens with zero attached hydrogens (tertiary/aromatic N) is 1. The topological polar surface area (TPSA) is 153 Å². The molecular formula is C37H34N2O9S. The van der Waals surface area contributed by atoms with Gasteiger partial charge in [-0.25, -0.2) is 12.4 Å². The van der Waals surface area contributed by atoms with Crippen LogP contribution in [0.5, 0.6) is 0 Å². The molecule has 5 atom stereocenters. The molecule has 0 aliphatic carbocycles. The molecule has 12 heteroatoms. The Morgan fingerprint density at radius 3 is 2.35 bits per heavy atom. The Morgan fingerprint density at radius 1 is 0.918 bits per heavy atom. The smallest absolute Gasteiger partial charge is 0.268 e. The molecule has 2 aliphatic heterocycles. The molecular weight excluding hydrogens is 648 g/mol. The van der Waals surface area contributed by atoms with Crippen molar-refractivity contribution in [1.82, 2.24) is 3.97 Å². The summed E-state index contributed by atoms with van der Waals surface area (Å²) in [7, 11) is -4.19. The van der Waals surface area contributed by atoms with Gasteiger partial charge >= 0.3 is 0 Å². The predicted molar refractivity (Wildman–Crippen MR) is 180 cm³/mol. The van der Waals surface area contributed by atoms with E-state index in [1.165, 1.54) is 18.3 Å². The van der Waals surface area contributed by atoms with Crippen LogP contribution in [0.15, 0.2) is 114 Å². The van der Waals surface area contributed by atoms with Crippen LogP contribution in [-0.2, 0) is 41.2 Å². The molecule has 11 nitrogen and oxygen atoms in total. The van der Waals surface area contributed by atoms with Crippen molar-refractivity contribution in [3.8, 4) is 0 Å². The van der Waals surface area contributed by atoms with Gasteiger partial charge in [0.25, 0.3) is 10.0 Å². The Morgan fingerprint density at radius 2 is 1.61 bits per heavy atom. The standard InChI is InChI=1S/C37H34N2O9S/c1-23-15-17-25(18-16-23)49(44,45)39-19-28(26-11-6-8-14-30(26)39)37(35(43)27-12-5-7-13-29(27)38-37)36-33(42)34(32(41)31(20-40)48-36)47-22-46-21-24-9-3-2-4-10-24/h2-19,31-32,34,36,38,40-41H,20-22H2,1H3/t31-,32-,34+,36-,37+/m1/s1. The second-order valence-corrected chi connectivity index (χ2v) is 14.0. The third kappa shape index (κ3) is 5.56. The summed E-state index contributed by atoms with van der Waals surface area (Å²) in [5, 5.41) is 25.0. The third-order valence-electron chi connectivity index (χ3n) is 9.10. The van der Waals surface area contributed by atoms with Gasteiger partial charge in [0.1, 0.15) is 25.1 Å². The number of carbonyl (C=O) groups excluding carboxylic acids is 2. The molecule has 4 aromatic carbocycles. The Bertz CT molecular complexity index is 2130. The molecule has 3 N–H and O–H groups in total. The van der Waals surface area contributed by atoms with Crippen molar-refractivity contribution < 1.29 is 42.4 Å². The largest absolute Gasteiger partial charge is 0.394 e. The quantitative estimate of drug-likeness (QED) is 0.146. The normalized spacial score (nSPS) is 23.8. The van der Waals surface area contributed by atoms with Crippen molar-refractivity contribution in [2.75, 3.05) is 18.7 Å². The number of aliphatic hydroxyl groups is 2. The van der Waals surface area contributed by atoms with E-state index in [0.29, 0.717) is 11.1 Å². The lowest BCUT2D eigenvalue weighted by Gasteiger charge is -2.44. The molecule has 252 valence electrons. The number of nitrogens with one attached hydrogen (secondary N) is 1. The maximum atomic E-state index is 14.7. The second kappa shape index (κ2) is 13.0. The van der Waals surface area contributed by atoms with Gasteiger partial charge in [-0.1, -0.05) is 78.4 Å². The number of ketones is 2. The first-order chi connectivity index (χ1) is 23.7. The second-order valence-electron chi connectivity index (χ2n) is 12.2. The van der Waals surface area contributed by atoms with Crippen LogP contribution in [0, 0.1) is 6.92 Å². The Labute approximate surface area is 282 Å². The van der Waals surface area contributed by atoms with Crippen LogP contribution in [0.2, 0.25) is 0 Å². The fourth-order valence-electron chi connectivity index (χ4n) is 6.61. The van der Waals surface area contributed by atoms with E-state index in [1.54, 1.807) is 60.7 Å². The van der Waals surface area contributed by atoms with Gasteiger partial charge in [0.15, 0.2) is 23.2 Å². The first-order valence-corrected chi connectivity index (χ1v) is 17.2. The molecule has 0 saturated carbocycles. The number of para-hydroxylation sites is 2. The van der Waals surface area contributed by atoms with E-state index in [1.807, 2.05) is 37.3 Å². The minimum atomic E-state index is -4.19. The number of hydrogen-bond donors (Lipinski definition) is 3. The average Bonchev–Trinajstić information content (AvgIpc) is 3.65. The van der Waals surface area contributed by atoms with Crippen LogP contribution < -0.4 is 5.32 Å². The molecule has 0 spiro atoms. The van der Waals surface area contributed by atoms with Gasteiger partial charge in [-0.3, -0.25) is 9.59 Å². The zero-order valence-electron chi connectivity index (χ0n) is 26.4. The minimum Gasteiger partial charge on any atom is -0.394 e. The van der Waals surface area contributed by atoms with Crippen LogP contribution in [0.1, 0.15) is 27.0 Å². The van der Waals surface area contributed by atoms with E-state index in [9.17, 15) is 28.2 Å². The van der Waals surface area contributed by atoms with Crippen molar-refractivity contribution in [3.05, 3.63) is 132 Å². The van der Waals surface area contributed by atoms with Crippen molar-refractivity contribution in [1.29, 1.82) is 0 Å². The molecule has 2 aliphatic rings. The summed E-state index contributed by atoms with van der Waals surface area (Å²) < 4.78 is 46.9. The summed E-state index contributed by atoms with van der Waals surface area (Å²) in [5.41, 5.74) is 0.812. The molecule has 0 unspecified atom stereocenters. The fraction of sp³-hybridized carbons (Fsp3) is 0.243. The highest BCUT2D eigenvalue weighted by Crippen LogP contribution is 2.48. The number of rotatable bonds is 10. The van der Waals surface area contributed by atoms with Crippen molar-refractivity contribution in [3.63, 3.8) is 0 Å². The molecule has 1 saturated heterocycles.